The van der Waals surface area contributed by atoms with Crippen molar-refractivity contribution in [2.75, 3.05) is 12.8 Å². The number of rotatable bonds is 3. The van der Waals surface area contributed by atoms with Crippen LogP contribution >= 0.6 is 0 Å². The van der Waals surface area contributed by atoms with Crippen LogP contribution in [-0.4, -0.2) is 28.7 Å². The molecule has 4 rings (SSSR count). The summed E-state index contributed by atoms with van der Waals surface area (Å²) in [6.07, 6.45) is 1.67. The fraction of sp³-hybridized carbons (Fsp3) is 0.0500. The van der Waals surface area contributed by atoms with Gasteiger partial charge < -0.3 is 10.5 Å². The Morgan fingerprint density at radius 3 is 2.41 bits per heavy atom. The standard InChI is InChI=1S/C20H16N4O3/c1-27-14-9-7-12(8-10-14)11-15-17-16(20(26)22-19(15)25)18(21)24(23-17)13-5-3-2-4-6-13/h2-11H,21H2,1H3,(H,22,25,26)/b15-11+. The summed E-state index contributed by atoms with van der Waals surface area (Å²) in [6.45, 7) is 0. The van der Waals surface area contributed by atoms with Crippen molar-refractivity contribution in [3.8, 4) is 11.4 Å². The maximum atomic E-state index is 12.4. The van der Waals surface area contributed by atoms with E-state index in [0.717, 1.165) is 5.56 Å². The number of carbonyl (C=O) groups excluding carboxylic acids is 2. The van der Waals surface area contributed by atoms with Gasteiger partial charge in [-0.2, -0.15) is 5.10 Å². The van der Waals surface area contributed by atoms with Gasteiger partial charge in [-0.05, 0) is 35.9 Å². The molecule has 0 bridgehead atoms. The van der Waals surface area contributed by atoms with E-state index >= 15 is 0 Å². The number of nitrogen functional groups attached to an aromatic ring is 1. The van der Waals surface area contributed by atoms with E-state index in [9.17, 15) is 9.59 Å². The van der Waals surface area contributed by atoms with E-state index in [4.69, 9.17) is 10.5 Å². The van der Waals surface area contributed by atoms with Gasteiger partial charge in [0.2, 0.25) is 0 Å². The molecule has 1 aliphatic heterocycles. The van der Waals surface area contributed by atoms with Crippen molar-refractivity contribution in [2.45, 2.75) is 0 Å². The van der Waals surface area contributed by atoms with E-state index in [0.29, 0.717) is 11.4 Å². The molecule has 3 N–H and O–H groups in total. The van der Waals surface area contributed by atoms with Crippen LogP contribution in [0.1, 0.15) is 21.6 Å². The van der Waals surface area contributed by atoms with Crippen LogP contribution in [-0.2, 0) is 4.79 Å². The Labute approximate surface area is 155 Å². The summed E-state index contributed by atoms with van der Waals surface area (Å²) >= 11 is 0. The molecule has 3 aromatic rings. The summed E-state index contributed by atoms with van der Waals surface area (Å²) < 4.78 is 6.60. The third-order valence-electron chi connectivity index (χ3n) is 4.30. The van der Waals surface area contributed by atoms with Gasteiger partial charge in [-0.15, -0.1) is 0 Å². The highest BCUT2D eigenvalue weighted by Gasteiger charge is 2.34. The Hall–Kier alpha value is -3.87. The topological polar surface area (TPSA) is 99.2 Å². The molecule has 2 heterocycles. The van der Waals surface area contributed by atoms with Gasteiger partial charge in [0, 0.05) is 0 Å². The van der Waals surface area contributed by atoms with Gasteiger partial charge >= 0.3 is 0 Å². The zero-order chi connectivity index (χ0) is 19.0. The highest BCUT2D eigenvalue weighted by atomic mass is 16.5. The van der Waals surface area contributed by atoms with E-state index in [1.165, 1.54) is 4.68 Å². The number of ether oxygens (including phenoxy) is 1. The van der Waals surface area contributed by atoms with Crippen molar-refractivity contribution in [3.05, 3.63) is 71.4 Å². The number of nitrogens with one attached hydrogen (secondary N) is 1. The molecule has 0 fully saturated rings. The molecule has 1 aliphatic rings. The maximum Gasteiger partial charge on any atom is 0.264 e. The Morgan fingerprint density at radius 1 is 1.04 bits per heavy atom. The van der Waals surface area contributed by atoms with Crippen LogP contribution in [0.2, 0.25) is 0 Å². The number of carbonyl (C=O) groups is 2. The van der Waals surface area contributed by atoms with Gasteiger partial charge in [-0.25, -0.2) is 4.68 Å². The predicted molar refractivity (Wildman–Crippen MR) is 101 cm³/mol. The van der Waals surface area contributed by atoms with Crippen molar-refractivity contribution >= 4 is 29.3 Å². The van der Waals surface area contributed by atoms with Crippen LogP contribution < -0.4 is 15.8 Å². The number of imide groups is 1. The maximum absolute atomic E-state index is 12.4. The molecule has 27 heavy (non-hydrogen) atoms. The number of aromatic nitrogens is 2. The van der Waals surface area contributed by atoms with Crippen molar-refractivity contribution in [1.29, 1.82) is 0 Å². The number of para-hydroxylation sites is 1. The zero-order valence-corrected chi connectivity index (χ0v) is 14.5. The van der Waals surface area contributed by atoms with E-state index in [2.05, 4.69) is 10.4 Å². The third-order valence-corrected chi connectivity index (χ3v) is 4.30. The van der Waals surface area contributed by atoms with Crippen molar-refractivity contribution in [1.82, 2.24) is 15.1 Å². The Morgan fingerprint density at radius 2 is 1.74 bits per heavy atom. The van der Waals surface area contributed by atoms with Crippen LogP contribution in [0.25, 0.3) is 17.3 Å². The molecule has 134 valence electrons. The number of amides is 2. The van der Waals surface area contributed by atoms with Crippen LogP contribution in [0, 0.1) is 0 Å². The summed E-state index contributed by atoms with van der Waals surface area (Å²) in [5.74, 6) is -0.178. The molecular formula is C20H16N4O3. The second kappa shape index (κ2) is 6.45. The molecule has 0 saturated carbocycles. The lowest BCUT2D eigenvalue weighted by molar-refractivity contribution is -0.114. The first-order chi connectivity index (χ1) is 13.1. The van der Waals surface area contributed by atoms with Gasteiger partial charge in [-0.3, -0.25) is 14.9 Å². The smallest absolute Gasteiger partial charge is 0.264 e. The number of benzene rings is 2. The lowest BCUT2D eigenvalue weighted by Crippen LogP contribution is -2.36. The van der Waals surface area contributed by atoms with Crippen LogP contribution in [0.15, 0.2) is 54.6 Å². The SMILES string of the molecule is COc1ccc(/C=C2/C(=O)NC(=O)c3c2nn(-c2ccccc2)c3N)cc1. The minimum absolute atomic E-state index is 0.182. The quantitative estimate of drug-likeness (QED) is 0.551. The van der Waals surface area contributed by atoms with Crippen molar-refractivity contribution in [2.24, 2.45) is 0 Å². The minimum atomic E-state index is -0.554. The van der Waals surface area contributed by atoms with Gasteiger partial charge in [0.15, 0.2) is 0 Å². The fourth-order valence-electron chi connectivity index (χ4n) is 2.95. The molecular weight excluding hydrogens is 344 g/mol. The minimum Gasteiger partial charge on any atom is -0.497 e. The number of methoxy groups -OCH3 is 1. The molecule has 0 unspecified atom stereocenters. The molecule has 2 amide bonds. The third kappa shape index (κ3) is 2.85. The Bertz CT molecular complexity index is 1070. The van der Waals surface area contributed by atoms with E-state index < -0.39 is 11.8 Å². The van der Waals surface area contributed by atoms with Crippen LogP contribution in [0.4, 0.5) is 5.82 Å². The number of hydrogen-bond donors (Lipinski definition) is 2. The number of nitrogens with zero attached hydrogens (tertiary/aromatic N) is 2. The van der Waals surface area contributed by atoms with Crippen molar-refractivity contribution in [3.63, 3.8) is 0 Å². The molecule has 0 saturated heterocycles. The summed E-state index contributed by atoms with van der Waals surface area (Å²) in [5.41, 5.74) is 8.38. The lowest BCUT2D eigenvalue weighted by Gasteiger charge is -2.13. The zero-order valence-electron chi connectivity index (χ0n) is 14.5. The second-order valence-corrected chi connectivity index (χ2v) is 5.97. The first-order valence-electron chi connectivity index (χ1n) is 8.24. The fourth-order valence-corrected chi connectivity index (χ4v) is 2.95. The summed E-state index contributed by atoms with van der Waals surface area (Å²) in [4.78, 5) is 24.8. The van der Waals surface area contributed by atoms with E-state index in [1.807, 2.05) is 42.5 Å². The highest BCUT2D eigenvalue weighted by Crippen LogP contribution is 2.31. The average molecular weight is 360 g/mol. The summed E-state index contributed by atoms with van der Waals surface area (Å²) in [5, 5.41) is 6.78. The molecule has 7 nitrogen and oxygen atoms in total. The Kier molecular flexibility index (Phi) is 3.97. The summed E-state index contributed by atoms with van der Waals surface area (Å²) in [6, 6.07) is 16.4. The molecule has 0 spiro atoms. The predicted octanol–water partition coefficient (Wildman–Crippen LogP) is 2.27. The largest absolute Gasteiger partial charge is 0.497 e. The number of hydrogen-bond acceptors (Lipinski definition) is 5. The molecule has 0 radical (unpaired) electrons. The molecule has 2 aromatic carbocycles. The average Bonchev–Trinajstić information content (AvgIpc) is 3.04. The molecule has 0 atom stereocenters. The van der Waals surface area contributed by atoms with E-state index in [1.54, 1.807) is 25.3 Å². The van der Waals surface area contributed by atoms with Crippen LogP contribution in [0.3, 0.4) is 0 Å². The van der Waals surface area contributed by atoms with Gasteiger partial charge in [0.05, 0.1) is 18.4 Å². The number of anilines is 1. The van der Waals surface area contributed by atoms with Crippen LogP contribution in [0.5, 0.6) is 5.75 Å². The first-order valence-corrected chi connectivity index (χ1v) is 8.24. The van der Waals surface area contributed by atoms with E-state index in [-0.39, 0.29) is 22.6 Å². The monoisotopic (exact) mass is 360 g/mol. The molecule has 0 aliphatic carbocycles. The normalized spacial score (nSPS) is 14.8. The van der Waals surface area contributed by atoms with Gasteiger partial charge in [-0.1, -0.05) is 30.3 Å². The lowest BCUT2D eigenvalue weighted by atomic mass is 10.00. The summed E-state index contributed by atoms with van der Waals surface area (Å²) in [7, 11) is 1.58. The van der Waals surface area contributed by atoms with Crippen molar-refractivity contribution < 1.29 is 14.3 Å². The second-order valence-electron chi connectivity index (χ2n) is 5.97. The Balaban J connectivity index is 1.86. The first kappa shape index (κ1) is 16.6. The van der Waals surface area contributed by atoms with Gasteiger partial charge in [0.1, 0.15) is 22.8 Å². The molecule has 7 heteroatoms. The number of nitrogens with two attached hydrogens (primary N) is 1. The molecule has 1 aromatic heterocycles. The highest BCUT2D eigenvalue weighted by molar-refractivity contribution is 6.34. The number of fused-ring (bicyclic) bond motifs is 1. The van der Waals surface area contributed by atoms with Gasteiger partial charge in [0.25, 0.3) is 11.8 Å².